The van der Waals surface area contributed by atoms with Gasteiger partial charge in [0.15, 0.2) is 0 Å². The maximum atomic E-state index is 12.7. The highest BCUT2D eigenvalue weighted by atomic mass is 35.5. The second kappa shape index (κ2) is 8.10. The molecule has 1 aromatic carbocycles. The van der Waals surface area contributed by atoms with E-state index in [0.29, 0.717) is 29.5 Å². The predicted octanol–water partition coefficient (Wildman–Crippen LogP) is 4.07. The number of halogens is 1. The van der Waals surface area contributed by atoms with Crippen molar-refractivity contribution in [1.82, 2.24) is 4.90 Å². The van der Waals surface area contributed by atoms with Crippen molar-refractivity contribution in [3.8, 4) is 5.75 Å². The van der Waals surface area contributed by atoms with E-state index in [9.17, 15) is 9.59 Å². The monoisotopic (exact) mass is 393 g/mol. The van der Waals surface area contributed by atoms with E-state index in [1.165, 1.54) is 18.4 Å². The normalized spacial score (nSPS) is 16.6. The highest BCUT2D eigenvalue weighted by Crippen LogP contribution is 2.26. The molecule has 1 atom stereocenters. The number of amides is 1. The fourth-order valence-corrected chi connectivity index (χ4v) is 3.94. The van der Waals surface area contributed by atoms with Gasteiger partial charge in [0, 0.05) is 17.1 Å². The molecule has 1 fully saturated rings. The van der Waals surface area contributed by atoms with E-state index in [2.05, 4.69) is 0 Å². The van der Waals surface area contributed by atoms with Crippen molar-refractivity contribution in [2.75, 3.05) is 13.7 Å². The summed E-state index contributed by atoms with van der Waals surface area (Å²) in [5.74, 6) is 0.252. The topological polar surface area (TPSA) is 55.8 Å². The standard InChI is InChI=1S/C19H20ClNO4S/c1-12-8-14(5-6-15(12)20)25-10-13-9-17(26-11-13)18(22)21-7-3-4-16(21)19(23)24-2/h5-6,8-9,11,16H,3-4,7,10H2,1-2H3. The third-order valence-electron chi connectivity index (χ3n) is 4.39. The van der Waals surface area contributed by atoms with Gasteiger partial charge < -0.3 is 14.4 Å². The summed E-state index contributed by atoms with van der Waals surface area (Å²) in [5, 5.41) is 2.60. The van der Waals surface area contributed by atoms with Crippen molar-refractivity contribution >= 4 is 34.8 Å². The molecule has 2 aromatic rings. The van der Waals surface area contributed by atoms with Gasteiger partial charge in [-0.3, -0.25) is 4.79 Å². The average molecular weight is 394 g/mol. The fraction of sp³-hybridized carbons (Fsp3) is 0.368. The molecule has 1 unspecified atom stereocenters. The van der Waals surface area contributed by atoms with Crippen LogP contribution in [0.2, 0.25) is 5.02 Å². The first-order valence-electron chi connectivity index (χ1n) is 8.34. The zero-order chi connectivity index (χ0) is 18.7. The Balaban J connectivity index is 1.64. The lowest BCUT2D eigenvalue weighted by molar-refractivity contribution is -0.145. The average Bonchev–Trinajstić information content (AvgIpc) is 3.31. The second-order valence-electron chi connectivity index (χ2n) is 6.20. The van der Waals surface area contributed by atoms with Gasteiger partial charge >= 0.3 is 5.97 Å². The van der Waals surface area contributed by atoms with Crippen LogP contribution >= 0.6 is 22.9 Å². The summed E-state index contributed by atoms with van der Waals surface area (Å²) in [6.45, 7) is 2.86. The molecule has 0 aliphatic carbocycles. The molecule has 138 valence electrons. The molecule has 1 amide bonds. The van der Waals surface area contributed by atoms with Crippen molar-refractivity contribution in [2.24, 2.45) is 0 Å². The van der Waals surface area contributed by atoms with E-state index in [4.69, 9.17) is 21.1 Å². The summed E-state index contributed by atoms with van der Waals surface area (Å²) in [4.78, 5) is 26.8. The van der Waals surface area contributed by atoms with Gasteiger partial charge in [-0.25, -0.2) is 4.79 Å². The molecule has 26 heavy (non-hydrogen) atoms. The van der Waals surface area contributed by atoms with E-state index in [1.54, 1.807) is 11.0 Å². The van der Waals surface area contributed by atoms with Crippen LogP contribution in [0.25, 0.3) is 0 Å². The number of rotatable bonds is 5. The molecule has 1 aliphatic heterocycles. The molecule has 0 radical (unpaired) electrons. The van der Waals surface area contributed by atoms with Crippen LogP contribution in [0.15, 0.2) is 29.6 Å². The van der Waals surface area contributed by atoms with Crippen LogP contribution in [0.4, 0.5) is 0 Å². The van der Waals surface area contributed by atoms with E-state index >= 15 is 0 Å². The lowest BCUT2D eigenvalue weighted by Crippen LogP contribution is -2.40. The predicted molar refractivity (Wildman–Crippen MR) is 101 cm³/mol. The smallest absolute Gasteiger partial charge is 0.328 e. The molecule has 1 aliphatic rings. The quantitative estimate of drug-likeness (QED) is 0.718. The van der Waals surface area contributed by atoms with E-state index in [-0.39, 0.29) is 11.9 Å². The van der Waals surface area contributed by atoms with E-state index in [1.807, 2.05) is 30.5 Å². The van der Waals surface area contributed by atoms with Gasteiger partial charge in [-0.05, 0) is 55.0 Å². The summed E-state index contributed by atoms with van der Waals surface area (Å²) in [7, 11) is 1.35. The molecule has 1 aromatic heterocycles. The Kier molecular flexibility index (Phi) is 5.84. The molecule has 3 rings (SSSR count). The minimum atomic E-state index is -0.480. The lowest BCUT2D eigenvalue weighted by Gasteiger charge is -2.21. The maximum absolute atomic E-state index is 12.7. The van der Waals surface area contributed by atoms with Gasteiger partial charge in [0.1, 0.15) is 18.4 Å². The number of ether oxygens (including phenoxy) is 2. The number of aryl methyl sites for hydroxylation is 1. The minimum Gasteiger partial charge on any atom is -0.489 e. The highest BCUT2D eigenvalue weighted by Gasteiger charge is 2.35. The number of esters is 1. The first-order valence-corrected chi connectivity index (χ1v) is 9.60. The van der Waals surface area contributed by atoms with Gasteiger partial charge in [0.2, 0.25) is 0 Å². The van der Waals surface area contributed by atoms with Crippen LogP contribution in [0, 0.1) is 6.92 Å². The Labute approximate surface area is 161 Å². The first kappa shape index (κ1) is 18.7. The number of hydrogen-bond donors (Lipinski definition) is 0. The fourth-order valence-electron chi connectivity index (χ4n) is 2.97. The number of carbonyl (C=O) groups is 2. The molecule has 0 bridgehead atoms. The van der Waals surface area contributed by atoms with Crippen LogP contribution in [0.1, 0.15) is 33.6 Å². The molecule has 0 spiro atoms. The SMILES string of the molecule is COC(=O)C1CCCN1C(=O)c1cc(COc2ccc(Cl)c(C)c2)cs1. The minimum absolute atomic E-state index is 0.128. The second-order valence-corrected chi connectivity index (χ2v) is 7.52. The number of thiophene rings is 1. The highest BCUT2D eigenvalue weighted by molar-refractivity contribution is 7.12. The van der Waals surface area contributed by atoms with Crippen molar-refractivity contribution in [3.63, 3.8) is 0 Å². The molecule has 7 heteroatoms. The van der Waals surface area contributed by atoms with E-state index in [0.717, 1.165) is 23.3 Å². The largest absolute Gasteiger partial charge is 0.489 e. The molecule has 1 saturated heterocycles. The van der Waals surface area contributed by atoms with Crippen LogP contribution < -0.4 is 4.74 Å². The van der Waals surface area contributed by atoms with Crippen molar-refractivity contribution < 1.29 is 19.1 Å². The Hall–Kier alpha value is -2.05. The summed E-state index contributed by atoms with van der Waals surface area (Å²) in [6.07, 6.45) is 1.46. The maximum Gasteiger partial charge on any atom is 0.328 e. The number of carbonyl (C=O) groups excluding carboxylic acids is 2. The number of nitrogens with zero attached hydrogens (tertiary/aromatic N) is 1. The van der Waals surface area contributed by atoms with Crippen LogP contribution in [0.5, 0.6) is 5.75 Å². The van der Waals surface area contributed by atoms with Gasteiger partial charge in [-0.1, -0.05) is 11.6 Å². The Morgan fingerprint density at radius 3 is 2.88 bits per heavy atom. The summed E-state index contributed by atoms with van der Waals surface area (Å²) in [5.41, 5.74) is 1.87. The number of likely N-dealkylation sites (tertiary alicyclic amines) is 1. The molecule has 0 saturated carbocycles. The number of methoxy groups -OCH3 is 1. The van der Waals surface area contributed by atoms with Gasteiger partial charge in [-0.15, -0.1) is 11.3 Å². The van der Waals surface area contributed by atoms with Crippen LogP contribution in [0.3, 0.4) is 0 Å². The third kappa shape index (κ3) is 4.02. The summed E-state index contributed by atoms with van der Waals surface area (Å²) >= 11 is 7.38. The van der Waals surface area contributed by atoms with Gasteiger partial charge in [0.25, 0.3) is 5.91 Å². The molecular weight excluding hydrogens is 374 g/mol. The van der Waals surface area contributed by atoms with Gasteiger partial charge in [0.05, 0.1) is 12.0 Å². The Morgan fingerprint density at radius 1 is 1.35 bits per heavy atom. The van der Waals surface area contributed by atoms with Crippen molar-refractivity contribution in [1.29, 1.82) is 0 Å². The van der Waals surface area contributed by atoms with Crippen LogP contribution in [-0.4, -0.2) is 36.5 Å². The zero-order valence-corrected chi connectivity index (χ0v) is 16.2. The van der Waals surface area contributed by atoms with Crippen LogP contribution in [-0.2, 0) is 16.1 Å². The Morgan fingerprint density at radius 2 is 2.15 bits per heavy atom. The molecular formula is C19H20ClNO4S. The van der Waals surface area contributed by atoms with Crippen molar-refractivity contribution in [2.45, 2.75) is 32.4 Å². The molecule has 0 N–H and O–H groups in total. The van der Waals surface area contributed by atoms with E-state index < -0.39 is 6.04 Å². The number of hydrogen-bond acceptors (Lipinski definition) is 5. The Bertz CT molecular complexity index is 820. The first-order chi connectivity index (χ1) is 12.5. The lowest BCUT2D eigenvalue weighted by atomic mass is 10.2. The summed E-state index contributed by atoms with van der Waals surface area (Å²) in [6, 6.07) is 6.84. The van der Waals surface area contributed by atoms with Crippen molar-refractivity contribution in [3.05, 3.63) is 50.7 Å². The third-order valence-corrected chi connectivity index (χ3v) is 5.78. The zero-order valence-electron chi connectivity index (χ0n) is 14.7. The molecule has 2 heterocycles. The number of benzene rings is 1. The molecule has 5 nitrogen and oxygen atoms in total. The van der Waals surface area contributed by atoms with Gasteiger partial charge in [-0.2, -0.15) is 0 Å². The summed E-state index contributed by atoms with van der Waals surface area (Å²) < 4.78 is 10.6.